The van der Waals surface area contributed by atoms with E-state index in [0.717, 1.165) is 15.6 Å². The van der Waals surface area contributed by atoms with E-state index in [0.29, 0.717) is 18.1 Å². The molecule has 0 bridgehead atoms. The third kappa shape index (κ3) is 3.49. The van der Waals surface area contributed by atoms with Crippen LogP contribution in [0.4, 0.5) is 4.39 Å². The number of hydrogen-bond donors (Lipinski definition) is 1. The van der Waals surface area contributed by atoms with Crippen LogP contribution in [0.15, 0.2) is 40.9 Å². The predicted molar refractivity (Wildman–Crippen MR) is 77.3 cm³/mol. The number of halogens is 2. The molecule has 0 radical (unpaired) electrons. The Kier molecular flexibility index (Phi) is 4.98. The van der Waals surface area contributed by atoms with Gasteiger partial charge in [-0.3, -0.25) is 0 Å². The van der Waals surface area contributed by atoms with Crippen molar-refractivity contribution in [2.24, 2.45) is 0 Å². The minimum absolute atomic E-state index is 0.0881. The van der Waals surface area contributed by atoms with E-state index in [1.807, 2.05) is 0 Å². The Morgan fingerprint density at radius 1 is 1.15 bits per heavy atom. The third-order valence-electron chi connectivity index (χ3n) is 2.81. The summed E-state index contributed by atoms with van der Waals surface area (Å²) in [6, 6.07) is 9.57. The first-order valence-electron chi connectivity index (χ1n) is 5.98. The molecule has 0 saturated heterocycles. The Bertz CT molecular complexity index is 584. The van der Waals surface area contributed by atoms with Gasteiger partial charge in [-0.1, -0.05) is 28.1 Å². The van der Waals surface area contributed by atoms with Crippen molar-refractivity contribution in [3.63, 3.8) is 0 Å². The standard InChI is InChI=1S/C15H14BrFO3/c1-19-14-6-11(8-18)13(16)7-15(14)20-9-10-2-4-12(17)5-3-10/h2-7,18H,8-9H2,1H3. The molecule has 0 aliphatic rings. The van der Waals surface area contributed by atoms with Crippen LogP contribution in [0.25, 0.3) is 0 Å². The number of methoxy groups -OCH3 is 1. The molecule has 0 saturated carbocycles. The van der Waals surface area contributed by atoms with Crippen molar-refractivity contribution in [2.45, 2.75) is 13.2 Å². The van der Waals surface area contributed by atoms with Gasteiger partial charge in [0.25, 0.3) is 0 Å². The molecule has 0 aliphatic carbocycles. The molecule has 0 unspecified atom stereocenters. The van der Waals surface area contributed by atoms with Crippen LogP contribution in [0.2, 0.25) is 0 Å². The van der Waals surface area contributed by atoms with Gasteiger partial charge in [0.1, 0.15) is 12.4 Å². The zero-order valence-corrected chi connectivity index (χ0v) is 12.5. The lowest BCUT2D eigenvalue weighted by atomic mass is 10.2. The van der Waals surface area contributed by atoms with Crippen LogP contribution in [-0.4, -0.2) is 12.2 Å². The average Bonchev–Trinajstić information content (AvgIpc) is 2.46. The normalized spacial score (nSPS) is 10.4. The SMILES string of the molecule is COc1cc(CO)c(Br)cc1OCc1ccc(F)cc1. The van der Waals surface area contributed by atoms with E-state index in [2.05, 4.69) is 15.9 Å². The maximum atomic E-state index is 12.8. The maximum Gasteiger partial charge on any atom is 0.162 e. The molecule has 20 heavy (non-hydrogen) atoms. The number of ether oxygens (including phenoxy) is 2. The van der Waals surface area contributed by atoms with Crippen LogP contribution in [0.1, 0.15) is 11.1 Å². The number of hydrogen-bond acceptors (Lipinski definition) is 3. The summed E-state index contributed by atoms with van der Waals surface area (Å²) >= 11 is 3.36. The smallest absolute Gasteiger partial charge is 0.162 e. The fourth-order valence-corrected chi connectivity index (χ4v) is 2.16. The Morgan fingerprint density at radius 2 is 1.85 bits per heavy atom. The molecule has 0 aromatic heterocycles. The lowest BCUT2D eigenvalue weighted by Crippen LogP contribution is -1.99. The Labute approximate surface area is 125 Å². The van der Waals surface area contributed by atoms with Gasteiger partial charge in [-0.15, -0.1) is 0 Å². The molecular formula is C15H14BrFO3. The van der Waals surface area contributed by atoms with Crippen LogP contribution >= 0.6 is 15.9 Å². The zero-order valence-electron chi connectivity index (χ0n) is 10.9. The Morgan fingerprint density at radius 3 is 2.45 bits per heavy atom. The number of aliphatic hydroxyl groups excluding tert-OH is 1. The number of benzene rings is 2. The van der Waals surface area contributed by atoms with Crippen molar-refractivity contribution in [3.8, 4) is 11.5 Å². The first-order valence-corrected chi connectivity index (χ1v) is 6.78. The number of aliphatic hydroxyl groups is 1. The van der Waals surface area contributed by atoms with Gasteiger partial charge in [0.2, 0.25) is 0 Å². The summed E-state index contributed by atoms with van der Waals surface area (Å²) in [5, 5.41) is 9.20. The van der Waals surface area contributed by atoms with E-state index in [1.165, 1.54) is 19.2 Å². The maximum absolute atomic E-state index is 12.8. The fraction of sp³-hybridized carbons (Fsp3) is 0.200. The zero-order chi connectivity index (χ0) is 14.5. The highest BCUT2D eigenvalue weighted by Crippen LogP contribution is 2.34. The van der Waals surface area contributed by atoms with Crippen LogP contribution in [0, 0.1) is 5.82 Å². The Balaban J connectivity index is 2.16. The summed E-state index contributed by atoms with van der Waals surface area (Å²) in [6.07, 6.45) is 0. The molecule has 1 N–H and O–H groups in total. The highest BCUT2D eigenvalue weighted by Gasteiger charge is 2.10. The van der Waals surface area contributed by atoms with E-state index < -0.39 is 0 Å². The lowest BCUT2D eigenvalue weighted by Gasteiger charge is -2.13. The second kappa shape index (κ2) is 6.72. The molecule has 2 aromatic carbocycles. The van der Waals surface area contributed by atoms with Crippen molar-refractivity contribution >= 4 is 15.9 Å². The van der Waals surface area contributed by atoms with Gasteiger partial charge in [0.05, 0.1) is 13.7 Å². The molecule has 2 rings (SSSR count). The van der Waals surface area contributed by atoms with Crippen molar-refractivity contribution < 1.29 is 19.0 Å². The molecule has 0 atom stereocenters. The van der Waals surface area contributed by atoms with E-state index >= 15 is 0 Å². The summed E-state index contributed by atoms with van der Waals surface area (Å²) in [6.45, 7) is 0.219. The van der Waals surface area contributed by atoms with Gasteiger partial charge < -0.3 is 14.6 Å². The topological polar surface area (TPSA) is 38.7 Å². The van der Waals surface area contributed by atoms with Gasteiger partial charge in [-0.05, 0) is 35.4 Å². The van der Waals surface area contributed by atoms with Gasteiger partial charge >= 0.3 is 0 Å². The number of rotatable bonds is 5. The van der Waals surface area contributed by atoms with Crippen molar-refractivity contribution in [1.82, 2.24) is 0 Å². The molecule has 0 amide bonds. The van der Waals surface area contributed by atoms with E-state index in [4.69, 9.17) is 9.47 Å². The van der Waals surface area contributed by atoms with E-state index in [1.54, 1.807) is 24.3 Å². The molecule has 2 aromatic rings. The minimum Gasteiger partial charge on any atom is -0.493 e. The van der Waals surface area contributed by atoms with Crippen LogP contribution < -0.4 is 9.47 Å². The molecule has 0 heterocycles. The lowest BCUT2D eigenvalue weighted by molar-refractivity contribution is 0.273. The summed E-state index contributed by atoms with van der Waals surface area (Å²) in [5.41, 5.74) is 1.58. The van der Waals surface area contributed by atoms with Crippen LogP contribution in [-0.2, 0) is 13.2 Å². The monoisotopic (exact) mass is 340 g/mol. The van der Waals surface area contributed by atoms with Crippen molar-refractivity contribution in [2.75, 3.05) is 7.11 Å². The summed E-state index contributed by atoms with van der Waals surface area (Å²) in [7, 11) is 1.54. The van der Waals surface area contributed by atoms with Gasteiger partial charge in [0.15, 0.2) is 11.5 Å². The summed E-state index contributed by atoms with van der Waals surface area (Å²) < 4.78 is 24.5. The van der Waals surface area contributed by atoms with E-state index in [-0.39, 0.29) is 12.4 Å². The molecular weight excluding hydrogens is 327 g/mol. The molecule has 0 fully saturated rings. The Hall–Kier alpha value is -1.59. The molecule has 106 valence electrons. The molecule has 3 nitrogen and oxygen atoms in total. The average molecular weight is 341 g/mol. The molecule has 0 spiro atoms. The quantitative estimate of drug-likeness (QED) is 0.902. The fourth-order valence-electron chi connectivity index (χ4n) is 1.71. The summed E-state index contributed by atoms with van der Waals surface area (Å²) in [4.78, 5) is 0. The minimum atomic E-state index is -0.277. The van der Waals surface area contributed by atoms with Crippen LogP contribution in [0.5, 0.6) is 11.5 Å². The van der Waals surface area contributed by atoms with Crippen molar-refractivity contribution in [3.05, 3.63) is 57.8 Å². The van der Waals surface area contributed by atoms with E-state index in [9.17, 15) is 9.50 Å². The largest absolute Gasteiger partial charge is 0.493 e. The summed E-state index contributed by atoms with van der Waals surface area (Å²) in [5.74, 6) is 0.821. The highest BCUT2D eigenvalue weighted by molar-refractivity contribution is 9.10. The molecule has 0 aliphatic heterocycles. The van der Waals surface area contributed by atoms with Gasteiger partial charge in [-0.25, -0.2) is 4.39 Å². The van der Waals surface area contributed by atoms with Gasteiger partial charge in [-0.2, -0.15) is 0 Å². The second-order valence-corrected chi connectivity index (χ2v) is 5.02. The first kappa shape index (κ1) is 14.8. The molecule has 5 heteroatoms. The van der Waals surface area contributed by atoms with Crippen LogP contribution in [0.3, 0.4) is 0 Å². The van der Waals surface area contributed by atoms with Gasteiger partial charge in [0, 0.05) is 4.47 Å². The highest BCUT2D eigenvalue weighted by atomic mass is 79.9. The third-order valence-corrected chi connectivity index (χ3v) is 3.55. The predicted octanol–water partition coefficient (Wildman–Crippen LogP) is 3.67. The van der Waals surface area contributed by atoms with Crippen molar-refractivity contribution in [1.29, 1.82) is 0 Å². The second-order valence-electron chi connectivity index (χ2n) is 4.17. The first-order chi connectivity index (χ1) is 9.63.